The zero-order chi connectivity index (χ0) is 10.1. The Kier molecular flexibility index (Phi) is 6.62. The molecule has 0 radical (unpaired) electrons. The van der Waals surface area contributed by atoms with Crippen LogP contribution in [0, 0.1) is 11.3 Å². The highest BCUT2D eigenvalue weighted by molar-refractivity contribution is 5.82. The molecule has 0 aromatic rings. The van der Waals surface area contributed by atoms with Crippen LogP contribution in [0.15, 0.2) is 12.2 Å². The molecule has 1 unspecified atom stereocenters. The molecule has 3 nitrogen and oxygen atoms in total. The molecule has 0 saturated carbocycles. The third kappa shape index (κ3) is 7.07. The first-order valence-corrected chi connectivity index (χ1v) is 4.47. The average molecular weight is 181 g/mol. The smallest absolute Gasteiger partial charge is 0.331 e. The van der Waals surface area contributed by atoms with Gasteiger partial charge in [0.25, 0.3) is 0 Å². The summed E-state index contributed by atoms with van der Waals surface area (Å²) in [6.45, 7) is 3.94. The SMILES string of the molecule is CCCCC(C)OC(=O)/C=C\C#N. The van der Waals surface area contributed by atoms with E-state index in [1.165, 1.54) is 0 Å². The van der Waals surface area contributed by atoms with E-state index in [-0.39, 0.29) is 6.10 Å². The second-order valence-electron chi connectivity index (χ2n) is 2.85. The minimum atomic E-state index is -0.440. The van der Waals surface area contributed by atoms with Gasteiger partial charge in [-0.15, -0.1) is 0 Å². The third-order valence-corrected chi connectivity index (χ3v) is 1.58. The summed E-state index contributed by atoms with van der Waals surface area (Å²) >= 11 is 0. The van der Waals surface area contributed by atoms with E-state index in [9.17, 15) is 4.79 Å². The van der Waals surface area contributed by atoms with Gasteiger partial charge in [-0.1, -0.05) is 19.8 Å². The molecule has 1 atom stereocenters. The molecule has 0 fully saturated rings. The van der Waals surface area contributed by atoms with E-state index < -0.39 is 5.97 Å². The largest absolute Gasteiger partial charge is 0.459 e. The van der Waals surface area contributed by atoms with Crippen molar-refractivity contribution in [2.24, 2.45) is 0 Å². The van der Waals surface area contributed by atoms with Gasteiger partial charge in [-0.25, -0.2) is 4.79 Å². The van der Waals surface area contributed by atoms with Gasteiger partial charge in [0.2, 0.25) is 0 Å². The average Bonchev–Trinajstić information content (AvgIpc) is 2.11. The lowest BCUT2D eigenvalue weighted by Gasteiger charge is -2.10. The number of allylic oxidation sites excluding steroid dienone is 1. The molecule has 0 aliphatic carbocycles. The van der Waals surface area contributed by atoms with Gasteiger partial charge < -0.3 is 4.74 Å². The molecule has 72 valence electrons. The van der Waals surface area contributed by atoms with Gasteiger partial charge >= 0.3 is 5.97 Å². The van der Waals surface area contributed by atoms with Crippen LogP contribution >= 0.6 is 0 Å². The fourth-order valence-electron chi connectivity index (χ4n) is 0.893. The summed E-state index contributed by atoms with van der Waals surface area (Å²) in [5, 5.41) is 8.15. The summed E-state index contributed by atoms with van der Waals surface area (Å²) in [6, 6.07) is 1.73. The van der Waals surface area contributed by atoms with Gasteiger partial charge in [-0.3, -0.25) is 0 Å². The van der Waals surface area contributed by atoms with Crippen LogP contribution in [0.2, 0.25) is 0 Å². The van der Waals surface area contributed by atoms with Gasteiger partial charge in [0.15, 0.2) is 0 Å². The Bertz CT molecular complexity index is 215. The van der Waals surface area contributed by atoms with Crippen LogP contribution in [0.3, 0.4) is 0 Å². The van der Waals surface area contributed by atoms with E-state index in [2.05, 4.69) is 6.92 Å². The van der Waals surface area contributed by atoms with Gasteiger partial charge in [0.05, 0.1) is 12.2 Å². The van der Waals surface area contributed by atoms with Crippen molar-refractivity contribution in [3.63, 3.8) is 0 Å². The molecule has 3 heteroatoms. The van der Waals surface area contributed by atoms with Gasteiger partial charge in [-0.05, 0) is 13.3 Å². The molecule has 0 aliphatic rings. The first-order valence-electron chi connectivity index (χ1n) is 4.47. The van der Waals surface area contributed by atoms with E-state index in [1.54, 1.807) is 6.07 Å². The number of esters is 1. The van der Waals surface area contributed by atoms with E-state index in [4.69, 9.17) is 10.00 Å². The molecule has 0 bridgehead atoms. The highest BCUT2D eigenvalue weighted by Gasteiger charge is 2.05. The van der Waals surface area contributed by atoms with E-state index in [1.807, 2.05) is 6.92 Å². The van der Waals surface area contributed by atoms with Crippen molar-refractivity contribution in [1.29, 1.82) is 5.26 Å². The summed E-state index contributed by atoms with van der Waals surface area (Å²) < 4.78 is 4.98. The maximum absolute atomic E-state index is 10.9. The Morgan fingerprint density at radius 1 is 1.69 bits per heavy atom. The third-order valence-electron chi connectivity index (χ3n) is 1.58. The molecule has 0 saturated heterocycles. The van der Waals surface area contributed by atoms with Crippen LogP contribution in [0.4, 0.5) is 0 Å². The lowest BCUT2D eigenvalue weighted by molar-refractivity contribution is -0.142. The summed E-state index contributed by atoms with van der Waals surface area (Å²) in [7, 11) is 0. The second-order valence-corrected chi connectivity index (χ2v) is 2.85. The molecular formula is C10H15NO2. The van der Waals surface area contributed by atoms with Crippen molar-refractivity contribution in [2.45, 2.75) is 39.2 Å². The van der Waals surface area contributed by atoms with Crippen LogP contribution in [0.5, 0.6) is 0 Å². The van der Waals surface area contributed by atoms with E-state index in [0.29, 0.717) is 0 Å². The summed E-state index contributed by atoms with van der Waals surface area (Å²) in [4.78, 5) is 10.9. The maximum atomic E-state index is 10.9. The molecule has 0 aromatic heterocycles. The zero-order valence-corrected chi connectivity index (χ0v) is 8.12. The minimum Gasteiger partial charge on any atom is -0.459 e. The first kappa shape index (κ1) is 11.7. The standard InChI is InChI=1S/C10H15NO2/c1-3-4-6-9(2)13-10(12)7-5-8-11/h5,7,9H,3-4,6H2,1-2H3/b7-5-. The first-order chi connectivity index (χ1) is 6.20. The second kappa shape index (κ2) is 7.35. The Morgan fingerprint density at radius 3 is 2.92 bits per heavy atom. The number of nitriles is 1. The van der Waals surface area contributed by atoms with Crippen molar-refractivity contribution in [3.8, 4) is 6.07 Å². The maximum Gasteiger partial charge on any atom is 0.331 e. The topological polar surface area (TPSA) is 50.1 Å². The lowest BCUT2D eigenvalue weighted by atomic mass is 10.2. The molecule has 0 aromatic carbocycles. The fourth-order valence-corrected chi connectivity index (χ4v) is 0.893. The van der Waals surface area contributed by atoms with Gasteiger partial charge in [0.1, 0.15) is 0 Å². The van der Waals surface area contributed by atoms with Gasteiger partial charge in [0, 0.05) is 12.2 Å². The number of hydrogen-bond donors (Lipinski definition) is 0. The lowest BCUT2D eigenvalue weighted by Crippen LogP contribution is -2.12. The van der Waals surface area contributed by atoms with E-state index in [0.717, 1.165) is 31.4 Å². The van der Waals surface area contributed by atoms with Crippen molar-refractivity contribution in [3.05, 3.63) is 12.2 Å². The fraction of sp³-hybridized carbons (Fsp3) is 0.600. The van der Waals surface area contributed by atoms with Crippen LogP contribution < -0.4 is 0 Å². The van der Waals surface area contributed by atoms with E-state index >= 15 is 0 Å². The quantitative estimate of drug-likeness (QED) is 0.371. The van der Waals surface area contributed by atoms with Crippen LogP contribution in [-0.2, 0) is 9.53 Å². The predicted octanol–water partition coefficient (Wildman–Crippen LogP) is 2.19. The Hall–Kier alpha value is -1.30. The predicted molar refractivity (Wildman–Crippen MR) is 49.8 cm³/mol. The molecule has 13 heavy (non-hydrogen) atoms. The highest BCUT2D eigenvalue weighted by Crippen LogP contribution is 2.04. The Labute approximate surface area is 79.0 Å². The number of rotatable bonds is 5. The molecule has 0 spiro atoms. The van der Waals surface area contributed by atoms with Crippen LogP contribution in [0.1, 0.15) is 33.1 Å². The number of carbonyl (C=O) groups is 1. The highest BCUT2D eigenvalue weighted by atomic mass is 16.5. The van der Waals surface area contributed by atoms with Crippen LogP contribution in [-0.4, -0.2) is 12.1 Å². The van der Waals surface area contributed by atoms with Crippen molar-refractivity contribution in [2.75, 3.05) is 0 Å². The number of ether oxygens (including phenoxy) is 1. The molecule has 0 heterocycles. The number of carbonyl (C=O) groups excluding carboxylic acids is 1. The van der Waals surface area contributed by atoms with Crippen molar-refractivity contribution < 1.29 is 9.53 Å². The molecule has 0 N–H and O–H groups in total. The molecular weight excluding hydrogens is 166 g/mol. The molecule has 0 amide bonds. The molecule has 0 aliphatic heterocycles. The summed E-state index contributed by atoms with van der Waals surface area (Å²) in [5.41, 5.74) is 0. The minimum absolute atomic E-state index is 0.0595. The molecule has 0 rings (SSSR count). The monoisotopic (exact) mass is 181 g/mol. The summed E-state index contributed by atoms with van der Waals surface area (Å²) in [6.07, 6.45) is 5.22. The zero-order valence-electron chi connectivity index (χ0n) is 8.12. The Balaban J connectivity index is 3.66. The van der Waals surface area contributed by atoms with Crippen molar-refractivity contribution in [1.82, 2.24) is 0 Å². The van der Waals surface area contributed by atoms with Crippen LogP contribution in [0.25, 0.3) is 0 Å². The number of nitrogens with zero attached hydrogens (tertiary/aromatic N) is 1. The number of hydrogen-bond acceptors (Lipinski definition) is 3. The number of unbranched alkanes of at least 4 members (excludes halogenated alkanes) is 1. The van der Waals surface area contributed by atoms with Gasteiger partial charge in [-0.2, -0.15) is 5.26 Å². The normalized spacial score (nSPS) is 12.4. The van der Waals surface area contributed by atoms with Crippen molar-refractivity contribution >= 4 is 5.97 Å². The summed E-state index contributed by atoms with van der Waals surface area (Å²) in [5.74, 6) is -0.440. The Morgan fingerprint density at radius 2 is 2.38 bits per heavy atom.